The first kappa shape index (κ1) is 18.5. The highest BCUT2D eigenvalue weighted by Crippen LogP contribution is 2.34. The van der Waals surface area contributed by atoms with Gasteiger partial charge in [-0.2, -0.15) is 4.37 Å². The molecule has 1 aliphatic rings. The fourth-order valence-corrected chi connectivity index (χ4v) is 3.30. The number of hydrogen-bond donors (Lipinski definition) is 4. The van der Waals surface area contributed by atoms with Gasteiger partial charge in [0.15, 0.2) is 22.5 Å². The highest BCUT2D eigenvalue weighted by molar-refractivity contribution is 7.10. The molecule has 2 unspecified atom stereocenters. The number of rotatable bonds is 8. The lowest BCUT2D eigenvalue weighted by Crippen LogP contribution is -2.43. The van der Waals surface area contributed by atoms with Gasteiger partial charge in [-0.3, -0.25) is 4.79 Å². The SMILES string of the molecule is Cc1cc(Nc2nc(NC(C=O)C(N)C3CC3)c(Cl)nc2C(N)=O)sn1. The molecule has 26 heavy (non-hydrogen) atoms. The number of primary amides is 1. The van der Waals surface area contributed by atoms with Gasteiger partial charge in [0.05, 0.1) is 11.7 Å². The molecule has 9 nitrogen and oxygen atoms in total. The molecule has 0 saturated heterocycles. The van der Waals surface area contributed by atoms with Gasteiger partial charge in [-0.1, -0.05) is 11.6 Å². The molecule has 2 heterocycles. The van der Waals surface area contributed by atoms with Crippen LogP contribution in [-0.4, -0.2) is 38.6 Å². The minimum atomic E-state index is -0.781. The number of hydrogen-bond acceptors (Lipinski definition) is 9. The number of aryl methyl sites for hydroxylation is 1. The highest BCUT2D eigenvalue weighted by atomic mass is 35.5. The zero-order chi connectivity index (χ0) is 18.8. The number of halogens is 1. The van der Waals surface area contributed by atoms with Crippen molar-refractivity contribution < 1.29 is 9.59 Å². The Labute approximate surface area is 158 Å². The van der Waals surface area contributed by atoms with Gasteiger partial charge in [-0.25, -0.2) is 9.97 Å². The third kappa shape index (κ3) is 4.09. The van der Waals surface area contributed by atoms with Gasteiger partial charge in [0.25, 0.3) is 5.91 Å². The van der Waals surface area contributed by atoms with E-state index >= 15 is 0 Å². The maximum absolute atomic E-state index is 11.7. The maximum Gasteiger partial charge on any atom is 0.271 e. The fourth-order valence-electron chi connectivity index (χ4n) is 2.46. The Hall–Kier alpha value is -2.30. The first-order chi connectivity index (χ1) is 12.4. The Morgan fingerprint density at radius 3 is 2.69 bits per heavy atom. The standard InChI is InChI=1S/C15H18ClN7O2S/c1-6-4-9(26-23-6)20-14-11(13(18)25)21-12(16)15(22-14)19-8(5-24)10(17)7-2-3-7/h4-5,7-8,10H,2-3,17H2,1H3,(H2,18,25)(H2,19,20,22). The molecule has 1 amide bonds. The number of carbonyl (C=O) groups is 2. The van der Waals surface area contributed by atoms with Crippen LogP contribution in [0.15, 0.2) is 6.07 Å². The fraction of sp³-hybridized carbons (Fsp3) is 0.400. The van der Waals surface area contributed by atoms with Crippen LogP contribution >= 0.6 is 23.1 Å². The lowest BCUT2D eigenvalue weighted by atomic mass is 10.1. The molecular weight excluding hydrogens is 378 g/mol. The van der Waals surface area contributed by atoms with Crippen molar-refractivity contribution in [2.24, 2.45) is 17.4 Å². The van der Waals surface area contributed by atoms with Gasteiger partial charge in [-0.05, 0) is 43.3 Å². The Balaban J connectivity index is 1.90. The maximum atomic E-state index is 11.7. The Morgan fingerprint density at radius 1 is 1.42 bits per heavy atom. The predicted octanol–water partition coefficient (Wildman–Crippen LogP) is 1.45. The lowest BCUT2D eigenvalue weighted by molar-refractivity contribution is -0.108. The second-order valence-electron chi connectivity index (χ2n) is 6.10. The average Bonchev–Trinajstić information content (AvgIpc) is 3.37. The third-order valence-corrected chi connectivity index (χ3v) is 5.05. The number of aromatic nitrogens is 3. The van der Waals surface area contributed by atoms with Crippen LogP contribution in [0, 0.1) is 12.8 Å². The summed E-state index contributed by atoms with van der Waals surface area (Å²) in [6, 6.07) is 0.782. The molecule has 0 aliphatic heterocycles. The minimum Gasteiger partial charge on any atom is -0.364 e. The number of carbonyl (C=O) groups excluding carboxylic acids is 2. The summed E-state index contributed by atoms with van der Waals surface area (Å²) in [5, 5.41) is 6.47. The van der Waals surface area contributed by atoms with Crippen LogP contribution in [0.25, 0.3) is 0 Å². The normalized spacial score (nSPS) is 16.0. The molecule has 3 rings (SSSR count). The molecular formula is C15H18ClN7O2S. The first-order valence-corrected chi connectivity index (χ1v) is 9.09. The zero-order valence-electron chi connectivity index (χ0n) is 13.9. The number of nitrogens with zero attached hydrogens (tertiary/aromatic N) is 3. The van der Waals surface area contributed by atoms with E-state index in [9.17, 15) is 9.59 Å². The molecule has 6 N–H and O–H groups in total. The molecule has 2 aromatic heterocycles. The van der Waals surface area contributed by atoms with Crippen molar-refractivity contribution in [3.63, 3.8) is 0 Å². The number of amides is 1. The number of nitrogens with one attached hydrogen (secondary N) is 2. The highest BCUT2D eigenvalue weighted by Gasteiger charge is 2.34. The summed E-state index contributed by atoms with van der Waals surface area (Å²) < 4.78 is 4.15. The Bertz CT molecular complexity index is 839. The van der Waals surface area contributed by atoms with Gasteiger partial charge < -0.3 is 26.9 Å². The van der Waals surface area contributed by atoms with Crippen molar-refractivity contribution in [1.82, 2.24) is 14.3 Å². The van der Waals surface area contributed by atoms with Gasteiger partial charge in [0.1, 0.15) is 11.3 Å². The predicted molar refractivity (Wildman–Crippen MR) is 99.9 cm³/mol. The van der Waals surface area contributed by atoms with E-state index in [1.54, 1.807) is 6.07 Å². The number of nitrogens with two attached hydrogens (primary N) is 2. The van der Waals surface area contributed by atoms with E-state index in [4.69, 9.17) is 23.1 Å². The van der Waals surface area contributed by atoms with Crippen LogP contribution in [0.4, 0.5) is 16.6 Å². The molecule has 138 valence electrons. The summed E-state index contributed by atoms with van der Waals surface area (Å²) in [7, 11) is 0. The summed E-state index contributed by atoms with van der Waals surface area (Å²) in [6.07, 6.45) is 2.71. The van der Waals surface area contributed by atoms with Crippen LogP contribution in [0.1, 0.15) is 29.0 Å². The third-order valence-electron chi connectivity index (χ3n) is 3.99. The van der Waals surface area contributed by atoms with Crippen molar-refractivity contribution >= 4 is 52.0 Å². The summed E-state index contributed by atoms with van der Waals surface area (Å²) in [6.45, 7) is 1.84. The molecule has 1 fully saturated rings. The average molecular weight is 396 g/mol. The Kier molecular flexibility index (Phi) is 5.35. The molecule has 1 aliphatic carbocycles. The largest absolute Gasteiger partial charge is 0.364 e. The van der Waals surface area contributed by atoms with Crippen LogP contribution in [0.3, 0.4) is 0 Å². The van der Waals surface area contributed by atoms with E-state index in [0.29, 0.717) is 10.9 Å². The van der Waals surface area contributed by atoms with E-state index in [1.807, 2.05) is 6.92 Å². The van der Waals surface area contributed by atoms with Gasteiger partial charge in [0.2, 0.25) is 0 Å². The van der Waals surface area contributed by atoms with E-state index in [1.165, 1.54) is 11.5 Å². The molecule has 0 aromatic carbocycles. The molecule has 2 aromatic rings. The van der Waals surface area contributed by atoms with Gasteiger partial charge in [-0.15, -0.1) is 0 Å². The lowest BCUT2D eigenvalue weighted by Gasteiger charge is -2.21. The van der Waals surface area contributed by atoms with Crippen LogP contribution in [0.2, 0.25) is 5.15 Å². The topological polar surface area (TPSA) is 149 Å². The quantitative estimate of drug-likeness (QED) is 0.490. The molecule has 0 radical (unpaired) electrons. The summed E-state index contributed by atoms with van der Waals surface area (Å²) >= 11 is 7.32. The molecule has 0 bridgehead atoms. The van der Waals surface area contributed by atoms with Crippen molar-refractivity contribution in [2.75, 3.05) is 10.6 Å². The van der Waals surface area contributed by atoms with Crippen molar-refractivity contribution in [1.29, 1.82) is 0 Å². The van der Waals surface area contributed by atoms with Gasteiger partial charge in [0, 0.05) is 6.04 Å². The Morgan fingerprint density at radius 2 is 2.15 bits per heavy atom. The van der Waals surface area contributed by atoms with E-state index in [0.717, 1.165) is 24.8 Å². The molecule has 2 atom stereocenters. The second-order valence-corrected chi connectivity index (χ2v) is 7.27. The zero-order valence-corrected chi connectivity index (χ0v) is 15.5. The van der Waals surface area contributed by atoms with E-state index in [2.05, 4.69) is 25.0 Å². The summed E-state index contributed by atoms with van der Waals surface area (Å²) in [5.41, 5.74) is 12.2. The van der Waals surface area contributed by atoms with Crippen molar-refractivity contribution in [3.8, 4) is 0 Å². The van der Waals surface area contributed by atoms with Crippen LogP contribution < -0.4 is 22.1 Å². The van der Waals surface area contributed by atoms with Crippen LogP contribution in [0.5, 0.6) is 0 Å². The molecule has 1 saturated carbocycles. The van der Waals surface area contributed by atoms with Gasteiger partial charge >= 0.3 is 0 Å². The monoisotopic (exact) mass is 395 g/mol. The van der Waals surface area contributed by atoms with Crippen LogP contribution in [-0.2, 0) is 4.79 Å². The minimum absolute atomic E-state index is 0.0697. The summed E-state index contributed by atoms with van der Waals surface area (Å²) in [5.74, 6) is -0.213. The van der Waals surface area contributed by atoms with Crippen molar-refractivity contribution in [2.45, 2.75) is 31.8 Å². The smallest absolute Gasteiger partial charge is 0.271 e. The van der Waals surface area contributed by atoms with Crippen molar-refractivity contribution in [3.05, 3.63) is 22.6 Å². The second kappa shape index (κ2) is 7.52. The number of aldehydes is 1. The number of anilines is 3. The summed E-state index contributed by atoms with van der Waals surface area (Å²) in [4.78, 5) is 31.4. The van der Waals surface area contributed by atoms with E-state index < -0.39 is 11.9 Å². The first-order valence-electron chi connectivity index (χ1n) is 7.94. The molecule has 0 spiro atoms. The van der Waals surface area contributed by atoms with E-state index in [-0.39, 0.29) is 28.5 Å². The molecule has 11 heteroatoms.